The lowest BCUT2D eigenvalue weighted by Crippen LogP contribution is -2.31. The van der Waals surface area contributed by atoms with Crippen LogP contribution < -0.4 is 15.5 Å². The Labute approximate surface area is 168 Å². The van der Waals surface area contributed by atoms with Gasteiger partial charge in [0.25, 0.3) is 5.91 Å². The SMILES string of the molecule is O=C(Nc1cn[nH]c1C(F)(F)F)c1cnn2ccc(N3CCNCC4(CC4)C3)nc12. The molecule has 9 nitrogen and oxygen atoms in total. The van der Waals surface area contributed by atoms with E-state index in [0.29, 0.717) is 5.82 Å². The highest BCUT2D eigenvalue weighted by Gasteiger charge is 2.44. The molecule has 1 saturated carbocycles. The Morgan fingerprint density at radius 2 is 2.10 bits per heavy atom. The average Bonchev–Trinajstić information content (AvgIpc) is 3.15. The van der Waals surface area contributed by atoms with Crippen LogP contribution in [0.2, 0.25) is 0 Å². The van der Waals surface area contributed by atoms with Gasteiger partial charge in [0.1, 0.15) is 11.4 Å². The molecule has 0 bridgehead atoms. The molecule has 4 heterocycles. The van der Waals surface area contributed by atoms with Crippen molar-refractivity contribution in [1.82, 2.24) is 30.1 Å². The van der Waals surface area contributed by atoms with Gasteiger partial charge in [0, 0.05) is 37.8 Å². The van der Waals surface area contributed by atoms with Gasteiger partial charge in [-0.2, -0.15) is 23.4 Å². The second-order valence-corrected chi connectivity index (χ2v) is 7.82. The smallest absolute Gasteiger partial charge is 0.355 e. The minimum absolute atomic E-state index is 0.0836. The largest absolute Gasteiger partial charge is 0.434 e. The summed E-state index contributed by atoms with van der Waals surface area (Å²) in [4.78, 5) is 19.5. The summed E-state index contributed by atoms with van der Waals surface area (Å²) in [6, 6.07) is 1.83. The molecule has 1 spiro atoms. The van der Waals surface area contributed by atoms with Gasteiger partial charge < -0.3 is 15.5 Å². The quantitative estimate of drug-likeness (QED) is 0.598. The number of carbonyl (C=O) groups is 1. The maximum atomic E-state index is 13.0. The van der Waals surface area contributed by atoms with Crippen LogP contribution in [0, 0.1) is 5.41 Å². The Morgan fingerprint density at radius 1 is 1.27 bits per heavy atom. The third kappa shape index (κ3) is 3.36. The standard InChI is InChI=1S/C18H19F3N8O/c19-18(20,21)14-12(8-23-27-14)25-16(30)11-7-24-29-5-1-13(26-15(11)29)28-6-4-22-9-17(10-28)2-3-17/h1,5,7-8,22H,2-4,6,9-10H2,(H,23,27)(H,25,30). The number of aromatic amines is 1. The number of H-pyrrole nitrogens is 1. The molecular weight excluding hydrogens is 401 g/mol. The molecule has 1 aliphatic carbocycles. The van der Waals surface area contributed by atoms with Crippen LogP contribution >= 0.6 is 0 Å². The van der Waals surface area contributed by atoms with E-state index in [1.54, 1.807) is 6.20 Å². The molecule has 1 saturated heterocycles. The van der Waals surface area contributed by atoms with Crippen molar-refractivity contribution in [1.29, 1.82) is 0 Å². The Balaban J connectivity index is 1.43. The molecular formula is C18H19F3N8O. The monoisotopic (exact) mass is 420 g/mol. The maximum Gasteiger partial charge on any atom is 0.434 e. The van der Waals surface area contributed by atoms with Crippen molar-refractivity contribution in [3.63, 3.8) is 0 Å². The molecule has 2 aliphatic rings. The van der Waals surface area contributed by atoms with Gasteiger partial charge in [-0.3, -0.25) is 9.89 Å². The van der Waals surface area contributed by atoms with Crippen LogP contribution in [0.25, 0.3) is 5.65 Å². The van der Waals surface area contributed by atoms with Gasteiger partial charge in [-0.1, -0.05) is 0 Å². The number of hydrogen-bond acceptors (Lipinski definition) is 6. The van der Waals surface area contributed by atoms with Gasteiger partial charge in [0.05, 0.1) is 18.1 Å². The second-order valence-electron chi connectivity index (χ2n) is 7.82. The summed E-state index contributed by atoms with van der Waals surface area (Å²) in [6.07, 6.45) is 1.60. The van der Waals surface area contributed by atoms with E-state index in [-0.39, 0.29) is 16.6 Å². The molecule has 0 atom stereocenters. The number of anilines is 2. The number of nitrogens with zero attached hydrogens (tertiary/aromatic N) is 5. The minimum Gasteiger partial charge on any atom is -0.355 e. The first-order valence-electron chi connectivity index (χ1n) is 9.57. The van der Waals surface area contributed by atoms with Gasteiger partial charge in [0.15, 0.2) is 11.3 Å². The normalized spacial score (nSPS) is 18.6. The van der Waals surface area contributed by atoms with Crippen LogP contribution in [-0.4, -0.2) is 56.9 Å². The van der Waals surface area contributed by atoms with Crippen LogP contribution in [0.1, 0.15) is 28.9 Å². The van der Waals surface area contributed by atoms with Crippen LogP contribution in [0.5, 0.6) is 0 Å². The average molecular weight is 420 g/mol. The first kappa shape index (κ1) is 18.9. The highest BCUT2D eigenvalue weighted by atomic mass is 19.4. The van der Waals surface area contributed by atoms with E-state index in [1.807, 2.05) is 11.2 Å². The van der Waals surface area contributed by atoms with Gasteiger partial charge in [0.2, 0.25) is 0 Å². The summed E-state index contributed by atoms with van der Waals surface area (Å²) in [6.45, 7) is 3.48. The van der Waals surface area contributed by atoms with Crippen molar-refractivity contribution >= 4 is 23.1 Å². The number of alkyl halides is 3. The number of halogens is 3. The van der Waals surface area contributed by atoms with E-state index in [9.17, 15) is 18.0 Å². The maximum absolute atomic E-state index is 13.0. The van der Waals surface area contributed by atoms with E-state index in [4.69, 9.17) is 0 Å². The van der Waals surface area contributed by atoms with E-state index in [1.165, 1.54) is 23.6 Å². The molecule has 3 aromatic rings. The number of amides is 1. The molecule has 0 unspecified atom stereocenters. The molecule has 30 heavy (non-hydrogen) atoms. The zero-order valence-corrected chi connectivity index (χ0v) is 15.8. The molecule has 0 aromatic carbocycles. The van der Waals surface area contributed by atoms with Gasteiger partial charge in [-0.25, -0.2) is 9.50 Å². The number of rotatable bonds is 3. The van der Waals surface area contributed by atoms with Crippen molar-refractivity contribution in [3.8, 4) is 0 Å². The van der Waals surface area contributed by atoms with Crippen LogP contribution in [0.3, 0.4) is 0 Å². The highest BCUT2D eigenvalue weighted by molar-refractivity contribution is 6.08. The second kappa shape index (κ2) is 6.69. The molecule has 1 amide bonds. The summed E-state index contributed by atoms with van der Waals surface area (Å²) >= 11 is 0. The molecule has 3 aromatic heterocycles. The third-order valence-electron chi connectivity index (χ3n) is 5.64. The summed E-state index contributed by atoms with van der Waals surface area (Å²) in [5.41, 5.74) is -0.922. The molecule has 2 fully saturated rings. The van der Waals surface area contributed by atoms with Crippen molar-refractivity contribution < 1.29 is 18.0 Å². The van der Waals surface area contributed by atoms with Crippen molar-refractivity contribution in [2.45, 2.75) is 19.0 Å². The van der Waals surface area contributed by atoms with E-state index in [2.05, 4.69) is 30.7 Å². The van der Waals surface area contributed by atoms with Gasteiger partial charge >= 0.3 is 6.18 Å². The number of aromatic nitrogens is 5. The zero-order valence-electron chi connectivity index (χ0n) is 15.8. The van der Waals surface area contributed by atoms with E-state index >= 15 is 0 Å². The Kier molecular flexibility index (Phi) is 4.20. The van der Waals surface area contributed by atoms with E-state index < -0.39 is 23.5 Å². The summed E-state index contributed by atoms with van der Waals surface area (Å²) in [5.74, 6) is -0.0240. The number of fused-ring (bicyclic) bond motifs is 1. The zero-order chi connectivity index (χ0) is 20.9. The van der Waals surface area contributed by atoms with Crippen LogP contribution in [0.4, 0.5) is 24.7 Å². The molecule has 1 aliphatic heterocycles. The number of hydrogen-bond donors (Lipinski definition) is 3. The molecule has 158 valence electrons. The molecule has 5 rings (SSSR count). The molecule has 12 heteroatoms. The lowest BCUT2D eigenvalue weighted by Gasteiger charge is -2.24. The number of carbonyl (C=O) groups excluding carboxylic acids is 1. The lowest BCUT2D eigenvalue weighted by atomic mass is 10.1. The molecule has 0 radical (unpaired) electrons. The van der Waals surface area contributed by atoms with Crippen molar-refractivity contribution in [2.75, 3.05) is 36.4 Å². The fraction of sp³-hybridized carbons (Fsp3) is 0.444. The van der Waals surface area contributed by atoms with Crippen LogP contribution in [0.15, 0.2) is 24.7 Å². The predicted molar refractivity (Wildman–Crippen MR) is 101 cm³/mol. The third-order valence-corrected chi connectivity index (χ3v) is 5.64. The number of nitrogens with one attached hydrogen (secondary N) is 3. The highest BCUT2D eigenvalue weighted by Crippen LogP contribution is 2.46. The molecule has 3 N–H and O–H groups in total. The topological polar surface area (TPSA) is 103 Å². The lowest BCUT2D eigenvalue weighted by molar-refractivity contribution is -0.140. The van der Waals surface area contributed by atoms with E-state index in [0.717, 1.165) is 32.4 Å². The minimum atomic E-state index is -4.66. The summed E-state index contributed by atoms with van der Waals surface area (Å²) < 4.78 is 40.5. The fourth-order valence-corrected chi connectivity index (χ4v) is 3.80. The van der Waals surface area contributed by atoms with Gasteiger partial charge in [-0.05, 0) is 18.9 Å². The first-order chi connectivity index (χ1) is 14.3. The first-order valence-corrected chi connectivity index (χ1v) is 9.57. The predicted octanol–water partition coefficient (Wildman–Crippen LogP) is 1.91. The Hall–Kier alpha value is -3.15. The van der Waals surface area contributed by atoms with Gasteiger partial charge in [-0.15, -0.1) is 0 Å². The summed E-state index contributed by atoms with van der Waals surface area (Å²) in [5, 5.41) is 15.1. The van der Waals surface area contributed by atoms with Crippen LogP contribution in [-0.2, 0) is 6.18 Å². The Bertz CT molecular complexity index is 1100. The summed E-state index contributed by atoms with van der Waals surface area (Å²) in [7, 11) is 0. The van der Waals surface area contributed by atoms with Crippen molar-refractivity contribution in [3.05, 3.63) is 35.9 Å². The fourth-order valence-electron chi connectivity index (χ4n) is 3.80. The Morgan fingerprint density at radius 3 is 2.87 bits per heavy atom. The van der Waals surface area contributed by atoms with Crippen molar-refractivity contribution in [2.24, 2.45) is 5.41 Å².